The van der Waals surface area contributed by atoms with Crippen molar-refractivity contribution in [2.24, 2.45) is 0 Å². The molecule has 1 aliphatic carbocycles. The van der Waals surface area contributed by atoms with E-state index in [-0.39, 0.29) is 12.5 Å². The summed E-state index contributed by atoms with van der Waals surface area (Å²) in [6.45, 7) is 1.68. The second-order valence-electron chi connectivity index (χ2n) is 3.76. The third kappa shape index (κ3) is 5.94. The van der Waals surface area contributed by atoms with Crippen molar-refractivity contribution in [1.29, 1.82) is 0 Å². The molecule has 14 heavy (non-hydrogen) atoms. The number of unbranched alkanes of at least 4 members (excludes halogenated alkanes) is 1. The molecule has 1 rings (SSSR count). The molecule has 0 spiro atoms. The smallest absolute Gasteiger partial charge is 0.221 e. The molecule has 1 aliphatic rings. The average molecular weight is 200 g/mol. The Morgan fingerprint density at radius 1 is 1.29 bits per heavy atom. The monoisotopic (exact) mass is 200 g/mol. The molecule has 0 bridgehead atoms. The van der Waals surface area contributed by atoms with Crippen molar-refractivity contribution >= 4 is 5.91 Å². The number of nitrogens with one attached hydrogen (secondary N) is 2. The fourth-order valence-electron chi connectivity index (χ4n) is 1.23. The van der Waals surface area contributed by atoms with Crippen molar-refractivity contribution in [3.8, 4) is 0 Å². The molecule has 3 N–H and O–H groups in total. The molecule has 82 valence electrons. The van der Waals surface area contributed by atoms with E-state index in [1.807, 2.05) is 0 Å². The van der Waals surface area contributed by atoms with Crippen LogP contribution in [0.2, 0.25) is 0 Å². The van der Waals surface area contributed by atoms with Gasteiger partial charge < -0.3 is 15.7 Å². The zero-order chi connectivity index (χ0) is 10.2. The van der Waals surface area contributed by atoms with Gasteiger partial charge in [-0.1, -0.05) is 0 Å². The Hall–Kier alpha value is -0.610. The minimum Gasteiger partial charge on any atom is -0.396 e. The number of amides is 1. The predicted molar refractivity (Wildman–Crippen MR) is 55.0 cm³/mol. The number of carbonyl (C=O) groups excluding carboxylic acids is 1. The van der Waals surface area contributed by atoms with E-state index in [1.54, 1.807) is 0 Å². The molecule has 0 atom stereocenters. The van der Waals surface area contributed by atoms with Crippen LogP contribution in [0, 0.1) is 0 Å². The molecule has 0 saturated heterocycles. The number of aliphatic hydroxyl groups excluding tert-OH is 1. The summed E-state index contributed by atoms with van der Waals surface area (Å²) in [4.78, 5) is 11.2. The highest BCUT2D eigenvalue weighted by atomic mass is 16.2. The molecule has 4 nitrogen and oxygen atoms in total. The van der Waals surface area contributed by atoms with E-state index in [0.29, 0.717) is 19.0 Å². The summed E-state index contributed by atoms with van der Waals surface area (Å²) in [5, 5.41) is 14.6. The maximum absolute atomic E-state index is 11.2. The van der Waals surface area contributed by atoms with E-state index in [0.717, 1.165) is 19.4 Å². The second kappa shape index (κ2) is 6.79. The van der Waals surface area contributed by atoms with Gasteiger partial charge in [0.1, 0.15) is 0 Å². The van der Waals surface area contributed by atoms with Gasteiger partial charge in [-0.15, -0.1) is 0 Å². The molecule has 1 saturated carbocycles. The van der Waals surface area contributed by atoms with Gasteiger partial charge in [0.2, 0.25) is 5.91 Å². The van der Waals surface area contributed by atoms with Crippen LogP contribution < -0.4 is 10.6 Å². The molecular weight excluding hydrogens is 180 g/mol. The lowest BCUT2D eigenvalue weighted by molar-refractivity contribution is -0.121. The quantitative estimate of drug-likeness (QED) is 0.484. The van der Waals surface area contributed by atoms with Crippen molar-refractivity contribution in [1.82, 2.24) is 10.6 Å². The maximum atomic E-state index is 11.2. The summed E-state index contributed by atoms with van der Waals surface area (Å²) < 4.78 is 0. The van der Waals surface area contributed by atoms with Crippen molar-refractivity contribution in [3.63, 3.8) is 0 Å². The van der Waals surface area contributed by atoms with Gasteiger partial charge in [0.15, 0.2) is 0 Å². The molecule has 4 heteroatoms. The Kier molecular flexibility index (Phi) is 5.56. The van der Waals surface area contributed by atoms with Crippen LogP contribution in [-0.2, 0) is 4.79 Å². The topological polar surface area (TPSA) is 61.4 Å². The Morgan fingerprint density at radius 3 is 2.71 bits per heavy atom. The van der Waals surface area contributed by atoms with Gasteiger partial charge in [-0.3, -0.25) is 4.79 Å². The number of aliphatic hydroxyl groups is 1. The van der Waals surface area contributed by atoms with Crippen LogP contribution in [0.4, 0.5) is 0 Å². The first-order valence-corrected chi connectivity index (χ1v) is 5.44. The van der Waals surface area contributed by atoms with E-state index in [1.165, 1.54) is 12.8 Å². The summed E-state index contributed by atoms with van der Waals surface area (Å²) in [6.07, 6.45) is 4.71. The van der Waals surface area contributed by atoms with E-state index >= 15 is 0 Å². The Bertz CT molecular complexity index is 170. The Labute approximate surface area is 85.1 Å². The van der Waals surface area contributed by atoms with Crippen LogP contribution in [-0.4, -0.2) is 36.8 Å². The van der Waals surface area contributed by atoms with Gasteiger partial charge in [0.25, 0.3) is 0 Å². The number of rotatable bonds is 8. The van der Waals surface area contributed by atoms with Crippen molar-refractivity contribution in [2.75, 3.05) is 19.7 Å². The van der Waals surface area contributed by atoms with Gasteiger partial charge in [-0.25, -0.2) is 0 Å². The summed E-state index contributed by atoms with van der Waals surface area (Å²) in [6, 6.07) is 0.678. The normalized spacial score (nSPS) is 15.5. The highest BCUT2D eigenvalue weighted by Crippen LogP contribution is 2.18. The zero-order valence-corrected chi connectivity index (χ0v) is 8.59. The lowest BCUT2D eigenvalue weighted by atomic mass is 10.3. The first kappa shape index (κ1) is 11.5. The molecule has 0 aromatic rings. The number of carbonyl (C=O) groups is 1. The van der Waals surface area contributed by atoms with E-state index in [9.17, 15) is 4.79 Å². The van der Waals surface area contributed by atoms with Crippen LogP contribution in [0.5, 0.6) is 0 Å². The molecule has 1 fully saturated rings. The minimum absolute atomic E-state index is 0.107. The first-order valence-electron chi connectivity index (χ1n) is 5.44. The maximum Gasteiger partial charge on any atom is 0.221 e. The summed E-state index contributed by atoms with van der Waals surface area (Å²) in [5.74, 6) is 0.107. The van der Waals surface area contributed by atoms with Gasteiger partial charge in [0, 0.05) is 32.2 Å². The van der Waals surface area contributed by atoms with Crippen LogP contribution in [0.15, 0.2) is 0 Å². The van der Waals surface area contributed by atoms with E-state index < -0.39 is 0 Å². The van der Waals surface area contributed by atoms with Crippen molar-refractivity contribution in [2.45, 2.75) is 38.1 Å². The Morgan fingerprint density at radius 2 is 2.07 bits per heavy atom. The van der Waals surface area contributed by atoms with Gasteiger partial charge in [0.05, 0.1) is 0 Å². The molecule has 1 amide bonds. The fraction of sp³-hybridized carbons (Fsp3) is 0.900. The summed E-state index contributed by atoms with van der Waals surface area (Å²) in [5.41, 5.74) is 0. The van der Waals surface area contributed by atoms with E-state index in [2.05, 4.69) is 10.6 Å². The van der Waals surface area contributed by atoms with Crippen LogP contribution >= 0.6 is 0 Å². The minimum atomic E-state index is 0.107. The lowest BCUT2D eigenvalue weighted by Gasteiger charge is -2.04. The van der Waals surface area contributed by atoms with Crippen LogP contribution in [0.1, 0.15) is 32.1 Å². The molecule has 0 unspecified atom stereocenters. The highest BCUT2D eigenvalue weighted by molar-refractivity contribution is 5.75. The molecule has 0 heterocycles. The molecule has 0 radical (unpaired) electrons. The molecule has 0 aliphatic heterocycles. The van der Waals surface area contributed by atoms with Gasteiger partial charge in [-0.05, 0) is 25.7 Å². The van der Waals surface area contributed by atoms with Crippen LogP contribution in [0.25, 0.3) is 0 Å². The molecule has 0 aromatic carbocycles. The molecular formula is C10H20N2O2. The largest absolute Gasteiger partial charge is 0.396 e. The third-order valence-corrected chi connectivity index (χ3v) is 2.27. The standard InChI is InChI=1S/C10H20N2O2/c13-8-2-1-6-12-10(14)5-7-11-9-3-4-9/h9,11,13H,1-8H2,(H,12,14). The first-order chi connectivity index (χ1) is 6.83. The van der Waals surface area contributed by atoms with Gasteiger partial charge >= 0.3 is 0 Å². The summed E-state index contributed by atoms with van der Waals surface area (Å²) in [7, 11) is 0. The summed E-state index contributed by atoms with van der Waals surface area (Å²) >= 11 is 0. The van der Waals surface area contributed by atoms with Crippen LogP contribution in [0.3, 0.4) is 0 Å². The number of hydrogen-bond acceptors (Lipinski definition) is 3. The Balaban J connectivity index is 1.82. The van der Waals surface area contributed by atoms with E-state index in [4.69, 9.17) is 5.11 Å². The predicted octanol–water partition coefficient (Wildman–Crippen LogP) is 0.0172. The zero-order valence-electron chi connectivity index (χ0n) is 8.59. The third-order valence-electron chi connectivity index (χ3n) is 2.27. The van der Waals surface area contributed by atoms with Crippen molar-refractivity contribution < 1.29 is 9.90 Å². The number of hydrogen-bond donors (Lipinski definition) is 3. The fourth-order valence-corrected chi connectivity index (χ4v) is 1.23. The highest BCUT2D eigenvalue weighted by Gasteiger charge is 2.19. The van der Waals surface area contributed by atoms with Crippen molar-refractivity contribution in [3.05, 3.63) is 0 Å². The lowest BCUT2D eigenvalue weighted by Crippen LogP contribution is -2.29. The molecule has 0 aromatic heterocycles. The SMILES string of the molecule is O=C(CCNC1CC1)NCCCCO. The van der Waals surface area contributed by atoms with Gasteiger partial charge in [-0.2, -0.15) is 0 Å². The average Bonchev–Trinajstić information content (AvgIpc) is 2.96. The second-order valence-corrected chi connectivity index (χ2v) is 3.76.